The number of sulfonamides is 1. The summed E-state index contributed by atoms with van der Waals surface area (Å²) < 4.78 is 25.2. The van der Waals surface area contributed by atoms with E-state index in [1.54, 1.807) is 44.4 Å². The van der Waals surface area contributed by atoms with E-state index in [1.807, 2.05) is 13.0 Å². The van der Waals surface area contributed by atoms with Crippen LogP contribution in [0.3, 0.4) is 0 Å². The molecule has 0 bridgehead atoms. The van der Waals surface area contributed by atoms with Gasteiger partial charge in [-0.2, -0.15) is 0 Å². The van der Waals surface area contributed by atoms with Crippen LogP contribution in [0.4, 0.5) is 5.69 Å². The monoisotopic (exact) mass is 320 g/mol. The summed E-state index contributed by atoms with van der Waals surface area (Å²) in [7, 11) is -3.37. The molecule has 0 unspecified atom stereocenters. The first kappa shape index (κ1) is 16.5. The number of aliphatic hydroxyl groups is 1. The first-order chi connectivity index (χ1) is 10.1. The second kappa shape index (κ2) is 5.70. The van der Waals surface area contributed by atoms with Gasteiger partial charge in [0, 0.05) is 23.6 Å². The van der Waals surface area contributed by atoms with Crippen molar-refractivity contribution in [3.05, 3.63) is 47.8 Å². The predicted octanol–water partition coefficient (Wildman–Crippen LogP) is 2.66. The highest BCUT2D eigenvalue weighted by molar-refractivity contribution is 7.92. The zero-order valence-electron chi connectivity index (χ0n) is 13.1. The Labute approximate surface area is 131 Å². The summed E-state index contributed by atoms with van der Waals surface area (Å²) in [6.45, 7) is 5.30. The van der Waals surface area contributed by atoms with Crippen LogP contribution in [0.5, 0.6) is 0 Å². The van der Waals surface area contributed by atoms with Crippen LogP contribution >= 0.6 is 0 Å². The third kappa shape index (κ3) is 3.84. The standard InChI is InChI=1S/C16H20N2O3S/c1-11-7-8-17-10-14(11)13-6-5-12(18-22(4,20)21)9-15(13)16(2,3)19/h5-10,18-19H,1-4H3. The van der Waals surface area contributed by atoms with Gasteiger partial charge in [0.05, 0.1) is 11.9 Å². The van der Waals surface area contributed by atoms with Crippen LogP contribution < -0.4 is 4.72 Å². The van der Waals surface area contributed by atoms with Gasteiger partial charge in [-0.1, -0.05) is 6.07 Å². The number of aryl methyl sites for hydroxylation is 1. The molecule has 22 heavy (non-hydrogen) atoms. The maximum atomic E-state index is 11.4. The molecule has 1 aromatic heterocycles. The van der Waals surface area contributed by atoms with Gasteiger partial charge in [-0.3, -0.25) is 9.71 Å². The van der Waals surface area contributed by atoms with E-state index >= 15 is 0 Å². The summed E-state index contributed by atoms with van der Waals surface area (Å²) in [5.74, 6) is 0. The Kier molecular flexibility index (Phi) is 4.26. The fraction of sp³-hybridized carbons (Fsp3) is 0.312. The average molecular weight is 320 g/mol. The molecule has 0 aliphatic carbocycles. The highest BCUT2D eigenvalue weighted by Gasteiger charge is 2.22. The van der Waals surface area contributed by atoms with Gasteiger partial charge in [-0.05, 0) is 55.7 Å². The Morgan fingerprint density at radius 2 is 1.86 bits per heavy atom. The number of hydrogen-bond donors (Lipinski definition) is 2. The fourth-order valence-electron chi connectivity index (χ4n) is 2.31. The molecule has 0 amide bonds. The molecular formula is C16H20N2O3S. The first-order valence-corrected chi connectivity index (χ1v) is 8.73. The number of rotatable bonds is 4. The molecule has 1 aromatic carbocycles. The fourth-order valence-corrected chi connectivity index (χ4v) is 2.86. The van der Waals surface area contributed by atoms with Crippen LogP contribution in [0.1, 0.15) is 25.0 Å². The highest BCUT2D eigenvalue weighted by Crippen LogP contribution is 2.35. The summed E-state index contributed by atoms with van der Waals surface area (Å²) in [4.78, 5) is 4.13. The zero-order chi connectivity index (χ0) is 16.5. The van der Waals surface area contributed by atoms with Crippen molar-refractivity contribution in [3.8, 4) is 11.1 Å². The van der Waals surface area contributed by atoms with Gasteiger partial charge in [0.1, 0.15) is 0 Å². The van der Waals surface area contributed by atoms with E-state index in [-0.39, 0.29) is 0 Å². The van der Waals surface area contributed by atoms with E-state index in [1.165, 1.54) is 0 Å². The van der Waals surface area contributed by atoms with Crippen molar-refractivity contribution in [2.24, 2.45) is 0 Å². The van der Waals surface area contributed by atoms with Gasteiger partial charge in [0.25, 0.3) is 0 Å². The Hall–Kier alpha value is -1.92. The minimum Gasteiger partial charge on any atom is -0.386 e. The summed E-state index contributed by atoms with van der Waals surface area (Å²) in [6.07, 6.45) is 4.54. The summed E-state index contributed by atoms with van der Waals surface area (Å²) in [5, 5.41) is 10.4. The largest absolute Gasteiger partial charge is 0.386 e. The van der Waals surface area contributed by atoms with Crippen LogP contribution in [0.15, 0.2) is 36.7 Å². The van der Waals surface area contributed by atoms with Crippen LogP contribution in [0.25, 0.3) is 11.1 Å². The van der Waals surface area contributed by atoms with Crippen LogP contribution in [0, 0.1) is 6.92 Å². The quantitative estimate of drug-likeness (QED) is 0.907. The third-order valence-electron chi connectivity index (χ3n) is 3.31. The highest BCUT2D eigenvalue weighted by atomic mass is 32.2. The molecule has 5 nitrogen and oxygen atoms in total. The molecule has 6 heteroatoms. The number of pyridine rings is 1. The normalized spacial score (nSPS) is 12.2. The molecule has 0 aliphatic heterocycles. The van der Waals surface area contributed by atoms with Gasteiger partial charge in [-0.25, -0.2) is 8.42 Å². The molecule has 2 rings (SSSR count). The van der Waals surface area contributed by atoms with Gasteiger partial charge in [-0.15, -0.1) is 0 Å². The lowest BCUT2D eigenvalue weighted by molar-refractivity contribution is 0.0792. The Morgan fingerprint density at radius 1 is 1.18 bits per heavy atom. The van der Waals surface area contributed by atoms with E-state index in [4.69, 9.17) is 0 Å². The molecule has 0 saturated carbocycles. The molecule has 0 radical (unpaired) electrons. The lowest BCUT2D eigenvalue weighted by Gasteiger charge is -2.23. The molecule has 2 aromatic rings. The zero-order valence-corrected chi connectivity index (χ0v) is 13.9. The third-order valence-corrected chi connectivity index (χ3v) is 3.92. The van der Waals surface area contributed by atoms with E-state index in [0.717, 1.165) is 22.9 Å². The molecule has 0 spiro atoms. The van der Waals surface area contributed by atoms with Gasteiger partial charge < -0.3 is 5.11 Å². The minimum atomic E-state index is -3.37. The van der Waals surface area contributed by atoms with Crippen molar-refractivity contribution in [2.45, 2.75) is 26.4 Å². The topological polar surface area (TPSA) is 79.3 Å². The number of aromatic nitrogens is 1. The average Bonchev–Trinajstić information content (AvgIpc) is 2.37. The number of hydrogen-bond acceptors (Lipinski definition) is 4. The van der Waals surface area contributed by atoms with Crippen LogP contribution in [-0.2, 0) is 15.6 Å². The summed E-state index contributed by atoms with van der Waals surface area (Å²) in [5.41, 5.74) is 2.71. The second-order valence-electron chi connectivity index (χ2n) is 5.88. The van der Waals surface area contributed by atoms with Crippen molar-refractivity contribution >= 4 is 15.7 Å². The maximum absolute atomic E-state index is 11.4. The molecule has 0 saturated heterocycles. The van der Waals surface area contributed by atoms with Crippen molar-refractivity contribution < 1.29 is 13.5 Å². The molecule has 0 atom stereocenters. The van der Waals surface area contributed by atoms with Crippen molar-refractivity contribution in [2.75, 3.05) is 11.0 Å². The molecule has 0 fully saturated rings. The number of nitrogens with one attached hydrogen (secondary N) is 1. The second-order valence-corrected chi connectivity index (χ2v) is 7.63. The molecule has 0 aliphatic rings. The van der Waals surface area contributed by atoms with Crippen molar-refractivity contribution in [3.63, 3.8) is 0 Å². The maximum Gasteiger partial charge on any atom is 0.229 e. The number of benzene rings is 1. The Balaban J connectivity index is 2.63. The lowest BCUT2D eigenvalue weighted by Crippen LogP contribution is -2.18. The van der Waals surface area contributed by atoms with Crippen molar-refractivity contribution in [1.82, 2.24) is 4.98 Å². The lowest BCUT2D eigenvalue weighted by atomic mass is 9.88. The number of anilines is 1. The Morgan fingerprint density at radius 3 is 2.41 bits per heavy atom. The molecular weight excluding hydrogens is 300 g/mol. The molecule has 1 heterocycles. The van der Waals surface area contributed by atoms with Crippen LogP contribution in [0.2, 0.25) is 0 Å². The van der Waals surface area contributed by atoms with Gasteiger partial charge >= 0.3 is 0 Å². The van der Waals surface area contributed by atoms with Crippen LogP contribution in [-0.4, -0.2) is 24.8 Å². The van der Waals surface area contributed by atoms with E-state index in [2.05, 4.69) is 9.71 Å². The van der Waals surface area contributed by atoms with E-state index in [9.17, 15) is 13.5 Å². The van der Waals surface area contributed by atoms with Gasteiger partial charge in [0.2, 0.25) is 10.0 Å². The Bertz CT molecular complexity index is 793. The van der Waals surface area contributed by atoms with Crippen molar-refractivity contribution in [1.29, 1.82) is 0 Å². The summed E-state index contributed by atoms with van der Waals surface area (Å²) in [6, 6.07) is 7.03. The van der Waals surface area contributed by atoms with E-state index in [0.29, 0.717) is 11.3 Å². The minimum absolute atomic E-state index is 0.421. The van der Waals surface area contributed by atoms with E-state index < -0.39 is 15.6 Å². The predicted molar refractivity (Wildman–Crippen MR) is 88.1 cm³/mol. The first-order valence-electron chi connectivity index (χ1n) is 6.83. The summed E-state index contributed by atoms with van der Waals surface area (Å²) >= 11 is 0. The smallest absolute Gasteiger partial charge is 0.229 e. The van der Waals surface area contributed by atoms with Gasteiger partial charge in [0.15, 0.2) is 0 Å². The molecule has 118 valence electrons. The number of nitrogens with zero attached hydrogens (tertiary/aromatic N) is 1. The molecule has 2 N–H and O–H groups in total. The SMILES string of the molecule is Cc1ccncc1-c1ccc(NS(C)(=O)=O)cc1C(C)(C)O.